The molecule has 1 fully saturated rings. The summed E-state index contributed by atoms with van der Waals surface area (Å²) in [5, 5.41) is 14.1. The number of hydrogen-bond acceptors (Lipinski definition) is 4. The number of nitrogens with one attached hydrogen (secondary N) is 1. The molecule has 1 aromatic heterocycles. The molecule has 7 nitrogen and oxygen atoms in total. The number of nitrogens with two attached hydrogens (primary N) is 1. The molecule has 9 heteroatoms. The van der Waals surface area contributed by atoms with Crippen LogP contribution >= 0.6 is 11.3 Å². The minimum Gasteiger partial charge on any atom is -0.465 e. The SMILES string of the molecule is CC(C)(C)N(C(=O)O)C(Cc1sccc1F)C(=O)N[C@]1(C(N)=O)C[C@@H]1c1ccccc1. The molecule has 1 aliphatic rings. The van der Waals surface area contributed by atoms with Crippen LogP contribution in [-0.4, -0.2) is 45.0 Å². The maximum absolute atomic E-state index is 14.1. The van der Waals surface area contributed by atoms with E-state index in [2.05, 4.69) is 5.32 Å². The van der Waals surface area contributed by atoms with Crippen molar-refractivity contribution in [2.45, 2.75) is 56.7 Å². The topological polar surface area (TPSA) is 113 Å². The van der Waals surface area contributed by atoms with Crippen molar-refractivity contribution >= 4 is 29.2 Å². The second-order valence-corrected chi connectivity index (χ2v) is 9.73. The Morgan fingerprint density at radius 1 is 1.29 bits per heavy atom. The van der Waals surface area contributed by atoms with Gasteiger partial charge in [-0.15, -0.1) is 11.3 Å². The molecule has 0 bridgehead atoms. The molecule has 31 heavy (non-hydrogen) atoms. The number of carbonyl (C=O) groups excluding carboxylic acids is 2. The van der Waals surface area contributed by atoms with Crippen LogP contribution in [0.2, 0.25) is 0 Å². The molecule has 166 valence electrons. The van der Waals surface area contributed by atoms with Gasteiger partial charge in [0.15, 0.2) is 0 Å². The van der Waals surface area contributed by atoms with Gasteiger partial charge >= 0.3 is 6.09 Å². The molecule has 1 unspecified atom stereocenters. The molecular weight excluding hydrogens is 421 g/mol. The van der Waals surface area contributed by atoms with Crippen molar-refractivity contribution in [1.29, 1.82) is 0 Å². The fourth-order valence-corrected chi connectivity index (χ4v) is 4.75. The fraction of sp³-hybridized carbons (Fsp3) is 0.409. The number of halogens is 1. The largest absolute Gasteiger partial charge is 0.465 e. The molecule has 1 heterocycles. The molecule has 0 radical (unpaired) electrons. The minimum atomic E-state index is -1.31. The van der Waals surface area contributed by atoms with Gasteiger partial charge in [0.1, 0.15) is 17.4 Å². The Morgan fingerprint density at radius 3 is 2.42 bits per heavy atom. The van der Waals surface area contributed by atoms with Crippen molar-refractivity contribution in [2.24, 2.45) is 5.73 Å². The van der Waals surface area contributed by atoms with Gasteiger partial charge in [-0.2, -0.15) is 0 Å². The van der Waals surface area contributed by atoms with Gasteiger partial charge in [-0.25, -0.2) is 9.18 Å². The zero-order valence-electron chi connectivity index (χ0n) is 17.6. The van der Waals surface area contributed by atoms with Gasteiger partial charge in [0.25, 0.3) is 0 Å². The van der Waals surface area contributed by atoms with E-state index in [0.29, 0.717) is 6.42 Å². The first-order chi connectivity index (χ1) is 14.5. The number of amides is 3. The number of hydrogen-bond donors (Lipinski definition) is 3. The van der Waals surface area contributed by atoms with Gasteiger partial charge in [0.05, 0.1) is 0 Å². The Balaban J connectivity index is 1.93. The second kappa shape index (κ2) is 8.30. The number of rotatable bonds is 7. The molecule has 4 N–H and O–H groups in total. The molecule has 0 aliphatic heterocycles. The van der Waals surface area contributed by atoms with Crippen LogP contribution in [0.1, 0.15) is 43.6 Å². The molecule has 3 amide bonds. The monoisotopic (exact) mass is 447 g/mol. The first-order valence-electron chi connectivity index (χ1n) is 9.88. The van der Waals surface area contributed by atoms with Crippen LogP contribution in [0.3, 0.4) is 0 Å². The van der Waals surface area contributed by atoms with E-state index in [9.17, 15) is 23.9 Å². The van der Waals surface area contributed by atoms with Crippen LogP contribution in [0, 0.1) is 5.82 Å². The molecule has 3 atom stereocenters. The lowest BCUT2D eigenvalue weighted by molar-refractivity contribution is -0.132. The number of carbonyl (C=O) groups is 3. The summed E-state index contributed by atoms with van der Waals surface area (Å²) < 4.78 is 14.1. The van der Waals surface area contributed by atoms with Crippen molar-refractivity contribution in [3.63, 3.8) is 0 Å². The molecule has 0 saturated heterocycles. The Labute approximate surface area is 184 Å². The Bertz CT molecular complexity index is 988. The maximum atomic E-state index is 14.1. The molecule has 1 aliphatic carbocycles. The van der Waals surface area contributed by atoms with Gasteiger partial charge in [-0.05, 0) is 44.2 Å². The van der Waals surface area contributed by atoms with Crippen LogP contribution < -0.4 is 11.1 Å². The van der Waals surface area contributed by atoms with Gasteiger partial charge in [-0.1, -0.05) is 30.3 Å². The minimum absolute atomic E-state index is 0.149. The summed E-state index contributed by atoms with van der Waals surface area (Å²) >= 11 is 1.11. The predicted octanol–water partition coefficient (Wildman–Crippen LogP) is 3.10. The zero-order valence-corrected chi connectivity index (χ0v) is 18.4. The second-order valence-electron chi connectivity index (χ2n) is 8.73. The number of nitrogens with zero attached hydrogens (tertiary/aromatic N) is 1. The van der Waals surface area contributed by atoms with Gasteiger partial charge in [0, 0.05) is 22.8 Å². The van der Waals surface area contributed by atoms with E-state index in [1.165, 1.54) is 6.07 Å². The van der Waals surface area contributed by atoms with Gasteiger partial charge in [0.2, 0.25) is 11.8 Å². The van der Waals surface area contributed by atoms with E-state index in [-0.39, 0.29) is 17.2 Å². The van der Waals surface area contributed by atoms with Crippen LogP contribution in [0.5, 0.6) is 0 Å². The molecule has 0 spiro atoms. The normalized spacial score (nSPS) is 21.2. The Morgan fingerprint density at radius 2 is 1.94 bits per heavy atom. The highest BCUT2D eigenvalue weighted by atomic mass is 32.1. The highest BCUT2D eigenvalue weighted by Gasteiger charge is 2.61. The Kier molecular flexibility index (Phi) is 6.09. The maximum Gasteiger partial charge on any atom is 0.408 e. The van der Waals surface area contributed by atoms with Gasteiger partial charge in [-0.3, -0.25) is 14.5 Å². The summed E-state index contributed by atoms with van der Waals surface area (Å²) in [4.78, 5) is 39.0. The average molecular weight is 448 g/mol. The summed E-state index contributed by atoms with van der Waals surface area (Å²) in [6.07, 6.45) is -1.14. The van der Waals surface area contributed by atoms with Crippen molar-refractivity contribution in [2.75, 3.05) is 0 Å². The standard InChI is InChI=1S/C22H26FN3O4S/c1-21(2,3)26(20(29)30)16(11-17-15(23)9-10-31-17)18(27)25-22(19(24)28)12-14(22)13-7-5-4-6-8-13/h4-10,14,16H,11-12H2,1-3H3,(H2,24,28)(H,25,27)(H,29,30)/t14-,16?,22-/m1/s1. The lowest BCUT2D eigenvalue weighted by Crippen LogP contribution is -2.60. The van der Waals surface area contributed by atoms with Crippen LogP contribution in [0.4, 0.5) is 9.18 Å². The first kappa shape index (κ1) is 22.7. The summed E-state index contributed by atoms with van der Waals surface area (Å²) in [7, 11) is 0. The number of primary amides is 1. The van der Waals surface area contributed by atoms with Gasteiger partial charge < -0.3 is 16.2 Å². The third kappa shape index (κ3) is 4.56. The number of thiophene rings is 1. The van der Waals surface area contributed by atoms with E-state index >= 15 is 0 Å². The van der Waals surface area contributed by atoms with Crippen molar-refractivity contribution in [1.82, 2.24) is 10.2 Å². The van der Waals surface area contributed by atoms with E-state index in [0.717, 1.165) is 21.8 Å². The van der Waals surface area contributed by atoms with Crippen molar-refractivity contribution in [3.05, 3.63) is 58.0 Å². The molecule has 2 aromatic rings. The Hall–Kier alpha value is -2.94. The van der Waals surface area contributed by atoms with Crippen molar-refractivity contribution in [3.8, 4) is 0 Å². The predicted molar refractivity (Wildman–Crippen MR) is 115 cm³/mol. The third-order valence-corrected chi connectivity index (χ3v) is 6.48. The molecule has 1 aromatic carbocycles. The number of carboxylic acid groups (broad SMARTS) is 1. The summed E-state index contributed by atoms with van der Waals surface area (Å²) in [5.41, 5.74) is 4.26. The van der Waals surface area contributed by atoms with Crippen molar-refractivity contribution < 1.29 is 23.9 Å². The van der Waals surface area contributed by atoms with Crippen LogP contribution in [-0.2, 0) is 16.0 Å². The highest BCUT2D eigenvalue weighted by Crippen LogP contribution is 2.51. The molecular formula is C22H26FN3O4S. The quantitative estimate of drug-likeness (QED) is 0.605. The zero-order chi connectivity index (χ0) is 23.0. The number of benzene rings is 1. The van der Waals surface area contributed by atoms with E-state index < -0.39 is 40.8 Å². The summed E-state index contributed by atoms with van der Waals surface area (Å²) in [6, 6.07) is 9.23. The molecule has 1 saturated carbocycles. The molecule has 3 rings (SSSR count). The van der Waals surface area contributed by atoms with Crippen LogP contribution in [0.15, 0.2) is 41.8 Å². The lowest BCUT2D eigenvalue weighted by atomic mass is 9.99. The summed E-state index contributed by atoms with van der Waals surface area (Å²) in [5.74, 6) is -2.17. The van der Waals surface area contributed by atoms with E-state index in [1.54, 1.807) is 26.2 Å². The smallest absolute Gasteiger partial charge is 0.408 e. The fourth-order valence-electron chi connectivity index (χ4n) is 3.96. The average Bonchev–Trinajstić information content (AvgIpc) is 3.27. The summed E-state index contributed by atoms with van der Waals surface area (Å²) in [6.45, 7) is 4.96. The van der Waals surface area contributed by atoms with E-state index in [4.69, 9.17) is 5.73 Å². The third-order valence-electron chi connectivity index (χ3n) is 5.56. The van der Waals surface area contributed by atoms with Crippen LogP contribution in [0.25, 0.3) is 0 Å². The lowest BCUT2D eigenvalue weighted by Gasteiger charge is -2.39. The first-order valence-corrected chi connectivity index (χ1v) is 10.8. The van der Waals surface area contributed by atoms with E-state index in [1.807, 2.05) is 30.3 Å². The highest BCUT2D eigenvalue weighted by molar-refractivity contribution is 7.09.